The lowest BCUT2D eigenvalue weighted by Crippen LogP contribution is -2.25. The van der Waals surface area contributed by atoms with Crippen LogP contribution < -0.4 is 11.1 Å². The molecule has 21 heavy (non-hydrogen) atoms. The summed E-state index contributed by atoms with van der Waals surface area (Å²) in [6.07, 6.45) is 2.28. The molecule has 4 heteroatoms. The predicted molar refractivity (Wildman–Crippen MR) is 90.7 cm³/mol. The Morgan fingerprint density at radius 2 is 2.00 bits per heavy atom. The number of anilines is 1. The molecule has 1 unspecified atom stereocenters. The molecule has 0 fully saturated rings. The van der Waals surface area contributed by atoms with Crippen molar-refractivity contribution in [1.82, 2.24) is 0 Å². The van der Waals surface area contributed by atoms with Gasteiger partial charge < -0.3 is 11.1 Å². The summed E-state index contributed by atoms with van der Waals surface area (Å²) in [6.45, 7) is 9.22. The van der Waals surface area contributed by atoms with E-state index in [-0.39, 0.29) is 11.3 Å². The SMILES string of the molecule is Cc1ccc(NC(=O)CCC(CCN)C(C)(C)C)c(Cl)c1. The van der Waals surface area contributed by atoms with Crippen LogP contribution in [0.25, 0.3) is 0 Å². The topological polar surface area (TPSA) is 55.1 Å². The molecule has 1 amide bonds. The Morgan fingerprint density at radius 1 is 1.33 bits per heavy atom. The van der Waals surface area contributed by atoms with Gasteiger partial charge in [0.1, 0.15) is 0 Å². The van der Waals surface area contributed by atoms with Gasteiger partial charge in [-0.25, -0.2) is 0 Å². The molecule has 0 aliphatic rings. The van der Waals surface area contributed by atoms with E-state index in [0.29, 0.717) is 29.6 Å². The molecule has 1 rings (SSSR count). The minimum absolute atomic E-state index is 0.00650. The number of amides is 1. The molecule has 3 nitrogen and oxygen atoms in total. The van der Waals surface area contributed by atoms with Crippen molar-refractivity contribution in [3.05, 3.63) is 28.8 Å². The lowest BCUT2D eigenvalue weighted by molar-refractivity contribution is -0.116. The first-order valence-electron chi connectivity index (χ1n) is 7.50. The molecule has 1 aromatic carbocycles. The quantitative estimate of drug-likeness (QED) is 0.819. The highest BCUT2D eigenvalue weighted by molar-refractivity contribution is 6.33. The van der Waals surface area contributed by atoms with Gasteiger partial charge in [0.2, 0.25) is 5.91 Å². The second-order valence-corrected chi connectivity index (χ2v) is 7.12. The number of hydrogen-bond acceptors (Lipinski definition) is 2. The molecule has 0 aromatic heterocycles. The normalized spacial score (nSPS) is 13.0. The van der Waals surface area contributed by atoms with E-state index in [1.165, 1.54) is 0 Å². The van der Waals surface area contributed by atoms with Crippen LogP contribution in [-0.4, -0.2) is 12.5 Å². The summed E-state index contributed by atoms with van der Waals surface area (Å²) in [5, 5.41) is 3.47. The number of rotatable bonds is 6. The van der Waals surface area contributed by atoms with E-state index in [4.69, 9.17) is 17.3 Å². The van der Waals surface area contributed by atoms with Gasteiger partial charge in [-0.1, -0.05) is 38.4 Å². The maximum absolute atomic E-state index is 12.1. The van der Waals surface area contributed by atoms with Crippen LogP contribution in [0.3, 0.4) is 0 Å². The fourth-order valence-corrected chi connectivity index (χ4v) is 2.73. The van der Waals surface area contributed by atoms with Crippen LogP contribution >= 0.6 is 11.6 Å². The molecule has 1 aromatic rings. The van der Waals surface area contributed by atoms with Crippen molar-refractivity contribution in [2.75, 3.05) is 11.9 Å². The van der Waals surface area contributed by atoms with Crippen LogP contribution in [-0.2, 0) is 4.79 Å². The highest BCUT2D eigenvalue weighted by Gasteiger charge is 2.24. The minimum Gasteiger partial charge on any atom is -0.330 e. The van der Waals surface area contributed by atoms with Gasteiger partial charge in [-0.2, -0.15) is 0 Å². The average molecular weight is 311 g/mol. The second kappa shape index (κ2) is 7.81. The Bertz CT molecular complexity index is 480. The Morgan fingerprint density at radius 3 is 2.52 bits per heavy atom. The number of halogens is 1. The van der Waals surface area contributed by atoms with Gasteiger partial charge in [-0.05, 0) is 55.3 Å². The van der Waals surface area contributed by atoms with Crippen LogP contribution in [0.15, 0.2) is 18.2 Å². The highest BCUT2D eigenvalue weighted by Crippen LogP contribution is 2.32. The molecule has 1 atom stereocenters. The van der Waals surface area contributed by atoms with Crippen LogP contribution in [0.4, 0.5) is 5.69 Å². The maximum Gasteiger partial charge on any atom is 0.224 e. The Kier molecular flexibility index (Phi) is 6.69. The zero-order chi connectivity index (χ0) is 16.0. The van der Waals surface area contributed by atoms with Gasteiger partial charge in [-0.15, -0.1) is 0 Å². The molecular weight excluding hydrogens is 284 g/mol. The summed E-state index contributed by atoms with van der Waals surface area (Å²) in [5.41, 5.74) is 7.60. The molecule has 0 spiro atoms. The minimum atomic E-state index is 0.00650. The van der Waals surface area contributed by atoms with Crippen molar-refractivity contribution >= 4 is 23.2 Å². The third kappa shape index (κ3) is 6.06. The summed E-state index contributed by atoms with van der Waals surface area (Å²) >= 11 is 6.13. The number of hydrogen-bond donors (Lipinski definition) is 2. The van der Waals surface area contributed by atoms with Gasteiger partial charge >= 0.3 is 0 Å². The van der Waals surface area contributed by atoms with Gasteiger partial charge in [0, 0.05) is 6.42 Å². The van der Waals surface area contributed by atoms with Gasteiger partial charge in [0.25, 0.3) is 0 Å². The number of aryl methyl sites for hydroxylation is 1. The first-order valence-corrected chi connectivity index (χ1v) is 7.88. The second-order valence-electron chi connectivity index (χ2n) is 6.71. The van der Waals surface area contributed by atoms with E-state index >= 15 is 0 Å². The van der Waals surface area contributed by atoms with E-state index in [1.807, 2.05) is 25.1 Å². The van der Waals surface area contributed by atoms with E-state index in [9.17, 15) is 4.79 Å². The lowest BCUT2D eigenvalue weighted by Gasteiger charge is -2.30. The third-order valence-corrected chi connectivity index (χ3v) is 4.17. The number of carbonyl (C=O) groups excluding carboxylic acids is 1. The lowest BCUT2D eigenvalue weighted by atomic mass is 9.76. The number of benzene rings is 1. The van der Waals surface area contributed by atoms with Crippen LogP contribution in [0, 0.1) is 18.3 Å². The molecular formula is C17H27ClN2O. The van der Waals surface area contributed by atoms with Crippen molar-refractivity contribution in [2.24, 2.45) is 17.1 Å². The first-order chi connectivity index (χ1) is 9.74. The van der Waals surface area contributed by atoms with E-state index in [2.05, 4.69) is 26.1 Å². The summed E-state index contributed by atoms with van der Waals surface area (Å²) in [5.74, 6) is 0.453. The molecule has 118 valence electrons. The van der Waals surface area contributed by atoms with Crippen molar-refractivity contribution in [2.45, 2.75) is 47.0 Å². The molecule has 0 heterocycles. The van der Waals surface area contributed by atoms with E-state index in [1.54, 1.807) is 0 Å². The van der Waals surface area contributed by atoms with Gasteiger partial charge in [0.15, 0.2) is 0 Å². The molecule has 3 N–H and O–H groups in total. The molecule has 0 saturated heterocycles. The zero-order valence-electron chi connectivity index (χ0n) is 13.5. The molecule has 0 radical (unpaired) electrons. The molecule has 0 aliphatic carbocycles. The van der Waals surface area contributed by atoms with Crippen molar-refractivity contribution in [3.63, 3.8) is 0 Å². The Labute approximate surface area is 133 Å². The number of carbonyl (C=O) groups is 1. The molecule has 0 aliphatic heterocycles. The fraction of sp³-hybridized carbons (Fsp3) is 0.588. The largest absolute Gasteiger partial charge is 0.330 e. The molecule has 0 saturated carbocycles. The summed E-state index contributed by atoms with van der Waals surface area (Å²) in [4.78, 5) is 12.1. The van der Waals surface area contributed by atoms with E-state index in [0.717, 1.165) is 18.4 Å². The molecule has 0 bridgehead atoms. The highest BCUT2D eigenvalue weighted by atomic mass is 35.5. The Balaban J connectivity index is 2.57. The van der Waals surface area contributed by atoms with Crippen LogP contribution in [0.1, 0.15) is 45.6 Å². The smallest absolute Gasteiger partial charge is 0.224 e. The van der Waals surface area contributed by atoms with Crippen molar-refractivity contribution in [3.8, 4) is 0 Å². The number of nitrogens with one attached hydrogen (secondary N) is 1. The zero-order valence-corrected chi connectivity index (χ0v) is 14.3. The predicted octanol–water partition coefficient (Wildman–Crippen LogP) is 4.38. The monoisotopic (exact) mass is 310 g/mol. The summed E-state index contributed by atoms with van der Waals surface area (Å²) in [6, 6.07) is 5.63. The number of nitrogens with two attached hydrogens (primary N) is 1. The first kappa shape index (κ1) is 18.0. The average Bonchev–Trinajstić information content (AvgIpc) is 2.36. The van der Waals surface area contributed by atoms with Crippen molar-refractivity contribution in [1.29, 1.82) is 0 Å². The van der Waals surface area contributed by atoms with E-state index < -0.39 is 0 Å². The van der Waals surface area contributed by atoms with Gasteiger partial charge in [-0.3, -0.25) is 4.79 Å². The third-order valence-electron chi connectivity index (χ3n) is 3.86. The Hall–Kier alpha value is -1.06. The maximum atomic E-state index is 12.1. The fourth-order valence-electron chi connectivity index (χ4n) is 2.45. The summed E-state index contributed by atoms with van der Waals surface area (Å²) in [7, 11) is 0. The van der Waals surface area contributed by atoms with Crippen molar-refractivity contribution < 1.29 is 4.79 Å². The van der Waals surface area contributed by atoms with Gasteiger partial charge in [0.05, 0.1) is 10.7 Å². The summed E-state index contributed by atoms with van der Waals surface area (Å²) < 4.78 is 0. The van der Waals surface area contributed by atoms with Crippen LogP contribution in [0.5, 0.6) is 0 Å². The van der Waals surface area contributed by atoms with Crippen LogP contribution in [0.2, 0.25) is 5.02 Å². The standard InChI is InChI=1S/C17H27ClN2O/c1-12-5-7-15(14(18)11-12)20-16(21)8-6-13(9-10-19)17(2,3)4/h5,7,11,13H,6,8-10,19H2,1-4H3,(H,20,21).